The van der Waals surface area contributed by atoms with E-state index < -0.39 is 8.07 Å². The van der Waals surface area contributed by atoms with E-state index in [-0.39, 0.29) is 11.5 Å². The second-order valence-electron chi connectivity index (χ2n) is 9.81. The van der Waals surface area contributed by atoms with E-state index in [0.717, 1.165) is 41.6 Å². The largest absolute Gasteiger partial charge is 0.361 e. The van der Waals surface area contributed by atoms with E-state index in [2.05, 4.69) is 40.7 Å². The van der Waals surface area contributed by atoms with Gasteiger partial charge in [0.25, 0.3) is 0 Å². The van der Waals surface area contributed by atoms with Gasteiger partial charge >= 0.3 is 0 Å². The van der Waals surface area contributed by atoms with Crippen LogP contribution < -0.4 is 4.90 Å². The quantitative estimate of drug-likeness (QED) is 0.368. The molecule has 0 aromatic carbocycles. The molecule has 9 heteroatoms. The number of aromatic nitrogens is 3. The first-order valence-corrected chi connectivity index (χ1v) is 14.5. The van der Waals surface area contributed by atoms with Crippen molar-refractivity contribution in [1.82, 2.24) is 14.8 Å². The molecule has 4 rings (SSSR count). The van der Waals surface area contributed by atoms with Crippen LogP contribution in [-0.2, 0) is 15.1 Å². The van der Waals surface area contributed by atoms with Gasteiger partial charge < -0.3 is 19.4 Å². The van der Waals surface area contributed by atoms with E-state index >= 15 is 0 Å². The molecule has 31 heavy (non-hydrogen) atoms. The maximum Gasteiger partial charge on any atom is 0.123 e. The van der Waals surface area contributed by atoms with Crippen molar-refractivity contribution in [2.24, 2.45) is 10.9 Å². The number of aliphatic imine (C=N–C) groups is 1. The van der Waals surface area contributed by atoms with Gasteiger partial charge in [-0.2, -0.15) is 10.4 Å². The minimum Gasteiger partial charge on any atom is -0.361 e. The van der Waals surface area contributed by atoms with Crippen molar-refractivity contribution in [2.75, 3.05) is 24.9 Å². The van der Waals surface area contributed by atoms with Gasteiger partial charge in [0.1, 0.15) is 25.5 Å². The molecule has 1 aliphatic heterocycles. The Morgan fingerprint density at radius 1 is 1.42 bits per heavy atom. The Labute approximate surface area is 183 Å². The zero-order chi connectivity index (χ0) is 22.1. The van der Waals surface area contributed by atoms with Crippen molar-refractivity contribution in [1.29, 1.82) is 5.26 Å². The monoisotopic (exact) mass is 438 g/mol. The van der Waals surface area contributed by atoms with Gasteiger partial charge in [-0.1, -0.05) is 19.6 Å². The van der Waals surface area contributed by atoms with Crippen LogP contribution in [-0.4, -0.2) is 54.8 Å². The predicted molar refractivity (Wildman–Crippen MR) is 122 cm³/mol. The van der Waals surface area contributed by atoms with Crippen molar-refractivity contribution in [3.63, 3.8) is 0 Å². The summed E-state index contributed by atoms with van der Waals surface area (Å²) in [5.74, 6) is 1.01. The summed E-state index contributed by atoms with van der Waals surface area (Å²) in [6.45, 7) is 8.83. The summed E-state index contributed by atoms with van der Waals surface area (Å²) in [7, 11) is -1.11. The van der Waals surface area contributed by atoms with Crippen molar-refractivity contribution < 1.29 is 9.53 Å². The van der Waals surface area contributed by atoms with Crippen LogP contribution in [0.4, 0.5) is 5.82 Å². The number of nitrogens with zero attached hydrogens (tertiary/aromatic N) is 5. The Morgan fingerprint density at radius 2 is 2.23 bits per heavy atom. The van der Waals surface area contributed by atoms with Crippen molar-refractivity contribution >= 4 is 25.9 Å². The first kappa shape index (κ1) is 21.5. The van der Waals surface area contributed by atoms with Gasteiger partial charge in [-0.25, -0.2) is 0 Å². The molecule has 2 aromatic rings. The molecule has 0 atom stereocenters. The molecule has 0 bridgehead atoms. The molecule has 2 aliphatic rings. The molecule has 2 aromatic heterocycles. The number of carbonyl (C=O) groups is 1. The number of nitrogens with one attached hydrogen (secondary N) is 1. The summed E-state index contributed by atoms with van der Waals surface area (Å²) in [6, 6.07) is 5.43. The summed E-state index contributed by atoms with van der Waals surface area (Å²) < 4.78 is 7.80. The number of rotatable bonds is 9. The Kier molecular flexibility index (Phi) is 5.86. The maximum absolute atomic E-state index is 11.1. The number of fused-ring (bicyclic) bond motifs is 1. The third-order valence-corrected chi connectivity index (χ3v) is 7.87. The third-order valence-electron chi connectivity index (χ3n) is 6.17. The van der Waals surface area contributed by atoms with E-state index in [9.17, 15) is 10.1 Å². The fraction of sp³-hybridized carbons (Fsp3) is 0.545. The van der Waals surface area contributed by atoms with Gasteiger partial charge in [0.2, 0.25) is 0 Å². The predicted octanol–water partition coefficient (Wildman–Crippen LogP) is 3.36. The van der Waals surface area contributed by atoms with Crippen LogP contribution >= 0.6 is 0 Å². The number of hydrogen-bond acceptors (Lipinski definition) is 6. The molecule has 8 nitrogen and oxygen atoms in total. The summed E-state index contributed by atoms with van der Waals surface area (Å²) in [6.07, 6.45) is 8.35. The summed E-state index contributed by atoms with van der Waals surface area (Å²) in [5, 5.41) is 13.8. The number of carbonyl (C=O) groups excluding carboxylic acids is 1. The third kappa shape index (κ3) is 4.36. The maximum atomic E-state index is 11.1. The van der Waals surface area contributed by atoms with E-state index in [0.29, 0.717) is 32.7 Å². The smallest absolute Gasteiger partial charge is 0.123 e. The van der Waals surface area contributed by atoms with Gasteiger partial charge in [0.05, 0.1) is 29.9 Å². The van der Waals surface area contributed by atoms with Crippen LogP contribution in [0, 0.1) is 17.2 Å². The highest BCUT2D eigenvalue weighted by Crippen LogP contribution is 2.45. The Hall–Kier alpha value is -2.70. The van der Waals surface area contributed by atoms with Crippen LogP contribution in [0.3, 0.4) is 0 Å². The molecule has 1 saturated carbocycles. The lowest BCUT2D eigenvalue weighted by Gasteiger charge is -2.44. The Balaban J connectivity index is 1.48. The Morgan fingerprint density at radius 3 is 2.94 bits per heavy atom. The van der Waals surface area contributed by atoms with E-state index in [4.69, 9.17) is 9.73 Å². The van der Waals surface area contributed by atoms with Gasteiger partial charge in [-0.3, -0.25) is 9.67 Å². The van der Waals surface area contributed by atoms with Gasteiger partial charge in [-0.15, -0.1) is 0 Å². The standard InChI is InChI=1S/C22H30N6O2Si/c1-31(2,3)9-8-30-16-27-15-25-20(19-4-7-24-21(19)27)18-12-26-28(13-18)22(5-6-23)10-17(11-22)14-29/h4,7,12-14,17,24H,5,8-11,15-16H2,1-3H3. The number of aromatic amines is 1. The molecular weight excluding hydrogens is 408 g/mol. The lowest BCUT2D eigenvalue weighted by atomic mass is 9.67. The summed E-state index contributed by atoms with van der Waals surface area (Å²) in [4.78, 5) is 21.3. The fourth-order valence-electron chi connectivity index (χ4n) is 4.31. The van der Waals surface area contributed by atoms with E-state index in [1.54, 1.807) is 0 Å². The van der Waals surface area contributed by atoms with Gasteiger partial charge in [-0.05, 0) is 25.0 Å². The highest BCUT2D eigenvalue weighted by molar-refractivity contribution is 6.76. The van der Waals surface area contributed by atoms with Gasteiger partial charge in [0, 0.05) is 44.1 Å². The molecule has 0 spiro atoms. The molecule has 0 unspecified atom stereocenters. The number of anilines is 1. The number of aldehydes is 1. The van der Waals surface area contributed by atoms with Crippen LogP contribution in [0.15, 0.2) is 29.6 Å². The molecule has 0 amide bonds. The topological polar surface area (TPSA) is 99.3 Å². The summed E-state index contributed by atoms with van der Waals surface area (Å²) >= 11 is 0. The van der Waals surface area contributed by atoms with Crippen LogP contribution in [0.1, 0.15) is 30.4 Å². The summed E-state index contributed by atoms with van der Waals surface area (Å²) in [5.41, 5.74) is 2.45. The number of ether oxygens (including phenoxy) is 1. The average molecular weight is 439 g/mol. The average Bonchev–Trinajstić information content (AvgIpc) is 3.37. The number of H-pyrrole nitrogens is 1. The molecule has 0 saturated heterocycles. The van der Waals surface area contributed by atoms with E-state index in [1.165, 1.54) is 0 Å². The molecule has 1 aliphatic carbocycles. The number of hydrogen-bond donors (Lipinski definition) is 1. The Bertz CT molecular complexity index is 1010. The fourth-order valence-corrected chi connectivity index (χ4v) is 5.06. The van der Waals surface area contributed by atoms with Crippen LogP contribution in [0.25, 0.3) is 0 Å². The highest BCUT2D eigenvalue weighted by atomic mass is 28.3. The zero-order valence-corrected chi connectivity index (χ0v) is 19.5. The molecule has 0 radical (unpaired) electrons. The minimum atomic E-state index is -1.11. The van der Waals surface area contributed by atoms with Crippen LogP contribution in [0.5, 0.6) is 0 Å². The molecule has 3 heterocycles. The second kappa shape index (κ2) is 8.44. The first-order valence-electron chi connectivity index (χ1n) is 10.8. The first-order chi connectivity index (χ1) is 14.8. The SMILES string of the molecule is C[Si](C)(C)CCOCN1CN=C(c2cnn(C3(CC#N)CC(C=O)C3)c2)c2cc[nH]c21. The van der Waals surface area contributed by atoms with Gasteiger partial charge in [0.15, 0.2) is 0 Å². The molecule has 164 valence electrons. The molecule has 1 fully saturated rings. The van der Waals surface area contributed by atoms with Crippen molar-refractivity contribution in [2.45, 2.75) is 50.5 Å². The lowest BCUT2D eigenvalue weighted by molar-refractivity contribution is -0.117. The van der Waals surface area contributed by atoms with Crippen molar-refractivity contribution in [3.05, 3.63) is 35.8 Å². The highest BCUT2D eigenvalue weighted by Gasteiger charge is 2.46. The number of nitriles is 1. The lowest BCUT2D eigenvalue weighted by Crippen LogP contribution is -2.47. The normalized spacial score (nSPS) is 23.0. The second-order valence-corrected chi connectivity index (χ2v) is 15.4. The van der Waals surface area contributed by atoms with Crippen molar-refractivity contribution in [3.8, 4) is 6.07 Å². The zero-order valence-electron chi connectivity index (χ0n) is 18.5. The molecular formula is C22H30N6O2Si. The minimum absolute atomic E-state index is 0.0128. The van der Waals surface area contributed by atoms with E-state index in [1.807, 2.05) is 29.3 Å². The van der Waals surface area contributed by atoms with Crippen LogP contribution in [0.2, 0.25) is 25.7 Å². The molecule has 1 N–H and O–H groups in total.